The fraction of sp³-hybridized carbons (Fsp3) is 0.349. The van der Waals surface area contributed by atoms with Crippen LogP contribution in [0.4, 0.5) is 17.5 Å². The smallest absolute Gasteiger partial charge is 0.508 e. The number of nitrogens with two attached hydrogens (primary N) is 1. The molecule has 2 aromatic heterocycles. The van der Waals surface area contributed by atoms with Crippen LogP contribution in [0.2, 0.25) is 0 Å². The van der Waals surface area contributed by atoms with Crippen molar-refractivity contribution < 1.29 is 94.1 Å². The zero-order valence-corrected chi connectivity index (χ0v) is 38.8. The third-order valence-electron chi connectivity index (χ3n) is 12.2. The summed E-state index contributed by atoms with van der Waals surface area (Å²) in [6, 6.07) is 7.61. The Hall–Kier alpha value is -6.76. The number of benzene rings is 2. The van der Waals surface area contributed by atoms with Crippen LogP contribution < -0.4 is 56.1 Å². The van der Waals surface area contributed by atoms with Crippen molar-refractivity contribution in [1.82, 2.24) is 35.5 Å². The fourth-order valence-corrected chi connectivity index (χ4v) is 8.86. The number of likely N-dealkylation sites (N-methyl/N-ethyl adjacent to an activating group) is 1. The molecule has 7 rings (SSSR count). The number of phenolic OH excluding ortho intramolecular Hbond substituents is 1. The van der Waals surface area contributed by atoms with Gasteiger partial charge >= 0.3 is 41.5 Å². The van der Waals surface area contributed by atoms with Crippen LogP contribution in [0.3, 0.4) is 0 Å². The first-order valence-electron chi connectivity index (χ1n) is 20.4. The number of carbonyl (C=O) groups excluding carboxylic acids is 4. The number of fused-ring (bicyclic) bond motifs is 4. The number of hydrogen-bond acceptors (Lipinski definition) is 19. The zero-order valence-electron chi connectivity index (χ0n) is 36.8. The Morgan fingerprint density at radius 3 is 2.28 bits per heavy atom. The van der Waals surface area contributed by atoms with Crippen molar-refractivity contribution in [2.75, 3.05) is 43.8 Å². The van der Waals surface area contributed by atoms with Crippen LogP contribution in [-0.2, 0) is 36.1 Å². The number of hydrogen-bond donors (Lipinski definition) is 11. The van der Waals surface area contributed by atoms with Crippen LogP contribution in [0.25, 0.3) is 16.9 Å². The van der Waals surface area contributed by atoms with Gasteiger partial charge in [-0.1, -0.05) is 12.1 Å². The monoisotopic (exact) mass is 933 g/mol. The molecule has 0 spiro atoms. The topological polar surface area (TPSA) is 364 Å². The van der Waals surface area contributed by atoms with Crippen LogP contribution >= 0.6 is 0 Å². The van der Waals surface area contributed by atoms with E-state index in [1.807, 2.05) is 0 Å². The summed E-state index contributed by atoms with van der Waals surface area (Å²) in [4.78, 5) is 97.6. The van der Waals surface area contributed by atoms with Crippen LogP contribution in [0.15, 0.2) is 65.6 Å². The standard InChI is InChI=1S/C43H46N10O13.Na/c1-42(65)21-6-5-7-25(54)27(21)32(57)28-22(42)14-23-31(52(2)3)33(58)29(35(60)43(23,66)34(28)59)39(62)46-17-47-41-50-36(44)30-37(51-41)45-15-19(48-30)16-53(4)20-10-8-18(9-11-20)38(61)49-24(40(63)64)12-13-26(55)56;/h5-11,15,22-24,31,54,57,60,65-66H,12-14,16-17H2,1-4H3,(H,46,62)(H,49,61)(H,55,56)(H,63,64)(H3,44,45,47,50,51);/q;+1/t22-,23-,24?,31-,42+,43-;/m0./s1. The zero-order chi connectivity index (χ0) is 48.2. The maximum atomic E-state index is 14.4. The summed E-state index contributed by atoms with van der Waals surface area (Å²) >= 11 is 0. The predicted octanol–water partition coefficient (Wildman–Crippen LogP) is -2.67. The number of anilines is 3. The van der Waals surface area contributed by atoms with Crippen LogP contribution in [0, 0.1) is 11.8 Å². The minimum absolute atomic E-state index is 0. The summed E-state index contributed by atoms with van der Waals surface area (Å²) in [6.07, 6.45) is 0.420. The maximum absolute atomic E-state index is 14.4. The maximum Gasteiger partial charge on any atom is 1.00 e. The summed E-state index contributed by atoms with van der Waals surface area (Å²) in [5, 5.41) is 83.2. The van der Waals surface area contributed by atoms with Gasteiger partial charge in [0.1, 0.15) is 28.9 Å². The number of rotatable bonds is 14. The first-order valence-corrected chi connectivity index (χ1v) is 20.4. The summed E-state index contributed by atoms with van der Waals surface area (Å²) < 4.78 is 0. The van der Waals surface area contributed by atoms with E-state index in [1.165, 1.54) is 62.4 Å². The number of nitrogen functional groups attached to an aromatic ring is 1. The molecule has 1 saturated carbocycles. The van der Waals surface area contributed by atoms with Crippen molar-refractivity contribution in [3.05, 3.63) is 88.0 Å². The molecule has 0 bridgehead atoms. The van der Waals surface area contributed by atoms with Gasteiger partial charge in [-0.2, -0.15) is 9.97 Å². The van der Waals surface area contributed by atoms with Gasteiger partial charge in [0.05, 0.1) is 42.3 Å². The number of carbonyl (C=O) groups is 6. The number of aliphatic carboxylic acids is 2. The van der Waals surface area contributed by atoms with E-state index in [0.717, 1.165) is 0 Å². The van der Waals surface area contributed by atoms with E-state index in [0.29, 0.717) is 11.4 Å². The van der Waals surface area contributed by atoms with Crippen molar-refractivity contribution >= 4 is 69.7 Å². The molecular formula is C43H46N10NaO13+. The molecule has 4 aromatic rings. The largest absolute Gasteiger partial charge is 1.00 e. The van der Waals surface area contributed by atoms with Gasteiger partial charge in [0.25, 0.3) is 11.8 Å². The molecule has 6 atom stereocenters. The van der Waals surface area contributed by atoms with Gasteiger partial charge in [0.15, 0.2) is 28.4 Å². The Balaban J connectivity index is 0.00000741. The van der Waals surface area contributed by atoms with Crippen molar-refractivity contribution in [2.24, 2.45) is 11.8 Å². The molecule has 3 aliphatic carbocycles. The molecule has 2 aromatic carbocycles. The van der Waals surface area contributed by atoms with Crippen LogP contribution in [-0.4, -0.2) is 141 Å². The van der Waals surface area contributed by atoms with Gasteiger partial charge in [-0.3, -0.25) is 28.9 Å². The molecule has 67 heavy (non-hydrogen) atoms. The first kappa shape index (κ1) is 49.7. The van der Waals surface area contributed by atoms with Crippen molar-refractivity contribution in [3.63, 3.8) is 0 Å². The summed E-state index contributed by atoms with van der Waals surface area (Å²) in [5.41, 5.74) is 1.36. The van der Waals surface area contributed by atoms with E-state index in [1.54, 1.807) is 24.1 Å². The van der Waals surface area contributed by atoms with Crippen molar-refractivity contribution in [3.8, 4) is 5.75 Å². The molecule has 12 N–H and O–H groups in total. The fourth-order valence-electron chi connectivity index (χ4n) is 8.86. The van der Waals surface area contributed by atoms with E-state index < -0.39 is 112 Å². The quantitative estimate of drug-likeness (QED) is 0.0349. The molecule has 3 aliphatic rings. The second-order valence-electron chi connectivity index (χ2n) is 16.6. The first-order chi connectivity index (χ1) is 31.1. The second kappa shape index (κ2) is 18.9. The normalized spacial score (nSPS) is 22.5. The molecule has 2 heterocycles. The molecule has 23 nitrogen and oxygen atoms in total. The Bertz CT molecular complexity index is 2780. The number of aliphatic hydroxyl groups is 4. The van der Waals surface area contributed by atoms with Gasteiger partial charge < -0.3 is 62.3 Å². The van der Waals surface area contributed by atoms with E-state index in [-0.39, 0.29) is 88.6 Å². The molecule has 0 radical (unpaired) electrons. The third kappa shape index (κ3) is 8.95. The third-order valence-corrected chi connectivity index (χ3v) is 12.2. The number of carboxylic acid groups (broad SMARTS) is 2. The minimum Gasteiger partial charge on any atom is -0.508 e. The SMILES string of the molecule is CN(Cc1cnc2nc(NCNC(=O)C3=C(O)[C@@]4(O)C(=O)C5=C(O)c6c(O)cccc6[C@@](C)(O)[C@H]5C[C@H]4[C@H](N(C)C)C3=O)nc(N)c2n1)c1ccc(C(=O)NC(CCC(=O)O)C(=O)O)cc1.[Na+]. The molecule has 0 aliphatic heterocycles. The number of phenols is 1. The van der Waals surface area contributed by atoms with Gasteiger partial charge in [0.2, 0.25) is 11.7 Å². The number of nitrogens with zero attached hydrogens (tertiary/aromatic N) is 6. The predicted molar refractivity (Wildman–Crippen MR) is 231 cm³/mol. The van der Waals surface area contributed by atoms with E-state index in [2.05, 4.69) is 35.9 Å². The number of nitrogens with one attached hydrogen (secondary N) is 3. The number of carboxylic acids is 2. The summed E-state index contributed by atoms with van der Waals surface area (Å²) in [6.45, 7) is 1.11. The summed E-state index contributed by atoms with van der Waals surface area (Å²) in [7, 11) is 4.70. The number of aromatic nitrogens is 4. The average molecular weight is 934 g/mol. The van der Waals surface area contributed by atoms with Crippen molar-refractivity contribution in [2.45, 2.75) is 56.0 Å². The molecule has 0 saturated heterocycles. The van der Waals surface area contributed by atoms with Gasteiger partial charge in [-0.05, 0) is 69.8 Å². The number of ketones is 2. The molecule has 2 amide bonds. The van der Waals surface area contributed by atoms with Gasteiger partial charge in [-0.15, -0.1) is 0 Å². The van der Waals surface area contributed by atoms with Crippen LogP contribution in [0.1, 0.15) is 53.4 Å². The number of aromatic hydroxyl groups is 1. The van der Waals surface area contributed by atoms with Gasteiger partial charge in [0, 0.05) is 42.1 Å². The Morgan fingerprint density at radius 2 is 1.64 bits per heavy atom. The molecular weight excluding hydrogens is 888 g/mol. The molecule has 24 heteroatoms. The second-order valence-corrected chi connectivity index (χ2v) is 16.6. The molecule has 346 valence electrons. The number of aliphatic hydroxyl groups excluding tert-OH is 2. The Labute approximate surface area is 402 Å². The van der Waals surface area contributed by atoms with Gasteiger partial charge in [-0.25, -0.2) is 14.8 Å². The van der Waals surface area contributed by atoms with Crippen LogP contribution in [0.5, 0.6) is 5.75 Å². The number of Topliss-reactive ketones (excluding diaryl/α,β-unsaturated/α-hetero) is 2. The molecule has 1 unspecified atom stereocenters. The molecule has 1 fully saturated rings. The summed E-state index contributed by atoms with van der Waals surface area (Å²) in [5.74, 6) is -11.8. The van der Waals surface area contributed by atoms with E-state index >= 15 is 0 Å². The minimum atomic E-state index is -2.91. The Morgan fingerprint density at radius 1 is 0.955 bits per heavy atom. The average Bonchev–Trinajstić information content (AvgIpc) is 3.25. The van der Waals surface area contributed by atoms with E-state index in [9.17, 15) is 59.4 Å². The Kier molecular flexibility index (Phi) is 14.0. The van der Waals surface area contributed by atoms with E-state index in [4.69, 9.17) is 10.8 Å². The van der Waals surface area contributed by atoms with Crippen molar-refractivity contribution in [1.29, 1.82) is 0 Å². The number of amides is 2.